The summed E-state index contributed by atoms with van der Waals surface area (Å²) in [6.07, 6.45) is 1.41. The number of thiophene rings is 1. The summed E-state index contributed by atoms with van der Waals surface area (Å²) in [7, 11) is -3.06. The Balaban J connectivity index is 0.000000433. The normalized spacial score (nSPS) is 9.64. The topological polar surface area (TPSA) is 129 Å². The molecule has 0 unspecified atom stereocenters. The maximum Gasteiger partial charge on any atom is 0.387 e. The number of isocyanates is 2. The monoisotopic (exact) mass is 356 g/mol. The van der Waals surface area contributed by atoms with Crippen molar-refractivity contribution in [2.24, 2.45) is 8.80 Å². The fourth-order valence-corrected chi connectivity index (χ4v) is 1.77. The molecule has 0 aliphatic rings. The molecule has 1 aromatic heterocycles. The first-order valence-electron chi connectivity index (χ1n) is 4.80. The lowest BCUT2D eigenvalue weighted by molar-refractivity contribution is -0.0496. The Kier molecular flexibility index (Phi) is 8.41. The molecule has 1 rings (SSSR count). The van der Waals surface area contributed by atoms with E-state index in [0.29, 0.717) is 12.2 Å². The second kappa shape index (κ2) is 9.47. The van der Waals surface area contributed by atoms with Gasteiger partial charge in [0.15, 0.2) is 0 Å². The predicted molar refractivity (Wildman–Crippen MR) is 67.5 cm³/mol. The van der Waals surface area contributed by atoms with Gasteiger partial charge in [-0.3, -0.25) is 0 Å². The zero-order valence-electron chi connectivity index (χ0n) is 10.6. The Bertz CT molecular complexity index is 679. The minimum absolute atomic E-state index is 0.0274. The Hall–Kier alpha value is -2.46. The molecule has 1 aromatic rings. The van der Waals surface area contributed by atoms with Gasteiger partial charge in [-0.2, -0.15) is 17.2 Å². The van der Waals surface area contributed by atoms with Crippen LogP contribution in [0.25, 0.3) is 0 Å². The first-order valence-corrected chi connectivity index (χ1v) is 7.08. The molecule has 0 bridgehead atoms. The first kappa shape index (κ1) is 19.5. The van der Waals surface area contributed by atoms with Crippen LogP contribution in [0.3, 0.4) is 0 Å². The molecule has 0 saturated heterocycles. The van der Waals surface area contributed by atoms with Crippen LogP contribution in [-0.4, -0.2) is 40.3 Å². The van der Waals surface area contributed by atoms with Crippen LogP contribution in [0.4, 0.5) is 8.78 Å². The van der Waals surface area contributed by atoms with Gasteiger partial charge in [0, 0.05) is 11.4 Å². The summed E-state index contributed by atoms with van der Waals surface area (Å²) in [6, 6.07) is 1.21. The van der Waals surface area contributed by atoms with Crippen LogP contribution in [0.5, 0.6) is 5.75 Å². The number of methoxy groups -OCH3 is 1. The quantitative estimate of drug-likeness (QED) is 0.438. The number of nitrogens with zero attached hydrogens (tertiary/aromatic N) is 2. The van der Waals surface area contributed by atoms with Crippen LogP contribution in [-0.2, 0) is 24.5 Å². The molecule has 9 nitrogen and oxygen atoms in total. The number of carbonyl (C=O) groups is 1. The average molecular weight is 356 g/mol. The lowest BCUT2D eigenvalue weighted by Crippen LogP contribution is -2.01. The molecule has 1 heterocycles. The highest BCUT2D eigenvalue weighted by Crippen LogP contribution is 2.23. The van der Waals surface area contributed by atoms with E-state index in [1.165, 1.54) is 18.6 Å². The Morgan fingerprint density at radius 1 is 1.32 bits per heavy atom. The summed E-state index contributed by atoms with van der Waals surface area (Å²) in [6.45, 7) is -2.87. The van der Waals surface area contributed by atoms with Crippen molar-refractivity contribution in [3.63, 3.8) is 0 Å². The van der Waals surface area contributed by atoms with Crippen molar-refractivity contribution in [3.05, 3.63) is 16.3 Å². The van der Waals surface area contributed by atoms with Crippen LogP contribution >= 0.6 is 11.3 Å². The molecular formula is C9H6F2N2O7S2. The van der Waals surface area contributed by atoms with Gasteiger partial charge in [-0.05, 0) is 0 Å². The van der Waals surface area contributed by atoms with Gasteiger partial charge in [0.1, 0.15) is 10.6 Å². The SMILES string of the molecule is COC(=O)c1cc(OC(F)F)cs1.O=C=NS(=O)(=O)N=C=O. The minimum atomic E-state index is -4.28. The van der Waals surface area contributed by atoms with E-state index in [2.05, 4.69) is 18.3 Å². The molecule has 13 heteroatoms. The Morgan fingerprint density at radius 2 is 1.86 bits per heavy atom. The molecule has 0 atom stereocenters. The molecular weight excluding hydrogens is 350 g/mol. The summed E-state index contributed by atoms with van der Waals surface area (Å²) >= 11 is 0.991. The van der Waals surface area contributed by atoms with Crippen LogP contribution in [0.2, 0.25) is 0 Å². The second-order valence-corrected chi connectivity index (χ2v) is 5.00. The molecule has 0 fully saturated rings. The third-order valence-electron chi connectivity index (χ3n) is 1.49. The van der Waals surface area contributed by atoms with Gasteiger partial charge in [-0.15, -0.1) is 11.3 Å². The van der Waals surface area contributed by atoms with Crippen LogP contribution in [0.15, 0.2) is 20.2 Å². The number of rotatable bonds is 5. The number of alkyl halides is 2. The molecule has 0 amide bonds. The second-order valence-electron chi connectivity index (χ2n) is 2.83. The standard InChI is InChI=1S/C7H6F2O3S.C2N2O4S/c1-11-6(10)5-2-4(3-13-5)12-7(8)9;5-1-3-9(7,8)4-2-6/h2-3,7H,1H3;. The van der Waals surface area contributed by atoms with E-state index < -0.39 is 22.8 Å². The van der Waals surface area contributed by atoms with Gasteiger partial charge < -0.3 is 9.47 Å². The highest BCUT2D eigenvalue weighted by Gasteiger charge is 2.11. The zero-order chi connectivity index (χ0) is 17.2. The van der Waals surface area contributed by atoms with E-state index in [4.69, 9.17) is 0 Å². The number of carbonyl (C=O) groups excluding carboxylic acids is 3. The van der Waals surface area contributed by atoms with Crippen molar-refractivity contribution in [1.29, 1.82) is 0 Å². The fraction of sp³-hybridized carbons (Fsp3) is 0.222. The molecule has 22 heavy (non-hydrogen) atoms. The van der Waals surface area contributed by atoms with Crippen LogP contribution < -0.4 is 4.74 Å². The zero-order valence-corrected chi connectivity index (χ0v) is 12.2. The largest absolute Gasteiger partial charge is 0.465 e. The van der Waals surface area contributed by atoms with Crippen molar-refractivity contribution in [2.45, 2.75) is 6.61 Å². The van der Waals surface area contributed by atoms with Gasteiger partial charge >= 0.3 is 22.8 Å². The number of halogens is 2. The Morgan fingerprint density at radius 3 is 2.27 bits per heavy atom. The summed E-state index contributed by atoms with van der Waals surface area (Å²) < 4.78 is 56.1. The van der Waals surface area contributed by atoms with Gasteiger partial charge in [-0.25, -0.2) is 14.4 Å². The highest BCUT2D eigenvalue weighted by molar-refractivity contribution is 7.89. The van der Waals surface area contributed by atoms with Crippen molar-refractivity contribution < 1.29 is 41.1 Å². The molecule has 0 aliphatic carbocycles. The molecule has 0 saturated carbocycles. The lowest BCUT2D eigenvalue weighted by atomic mass is 10.4. The van der Waals surface area contributed by atoms with Crippen molar-refractivity contribution in [1.82, 2.24) is 0 Å². The predicted octanol–water partition coefficient (Wildman–Crippen LogP) is 1.04. The van der Waals surface area contributed by atoms with Gasteiger partial charge in [0.05, 0.1) is 7.11 Å². The molecule has 0 spiro atoms. The lowest BCUT2D eigenvalue weighted by Gasteiger charge is -1.98. The summed E-state index contributed by atoms with van der Waals surface area (Å²) in [5.41, 5.74) is 0. The van der Waals surface area contributed by atoms with E-state index in [-0.39, 0.29) is 10.6 Å². The van der Waals surface area contributed by atoms with E-state index in [9.17, 15) is 31.6 Å². The summed E-state index contributed by atoms with van der Waals surface area (Å²) in [5, 5.41) is 1.32. The summed E-state index contributed by atoms with van der Waals surface area (Å²) in [4.78, 5) is 29.6. The van der Waals surface area contributed by atoms with Gasteiger partial charge in [0.2, 0.25) is 0 Å². The average Bonchev–Trinajstić information content (AvgIpc) is 2.86. The Labute approximate surface area is 126 Å². The molecule has 0 aliphatic heterocycles. The molecule has 0 aromatic carbocycles. The first-order chi connectivity index (χ1) is 10.3. The third-order valence-corrected chi connectivity index (χ3v) is 2.99. The number of hydrogen-bond donors (Lipinski definition) is 0. The highest BCUT2D eigenvalue weighted by atomic mass is 32.2. The number of ether oxygens (including phenoxy) is 2. The van der Waals surface area contributed by atoms with E-state index in [0.717, 1.165) is 11.3 Å². The van der Waals surface area contributed by atoms with E-state index in [1.54, 1.807) is 0 Å². The number of hydrogen-bond acceptors (Lipinski definition) is 8. The number of esters is 1. The van der Waals surface area contributed by atoms with Crippen molar-refractivity contribution >= 4 is 39.7 Å². The van der Waals surface area contributed by atoms with Crippen molar-refractivity contribution in [2.75, 3.05) is 7.11 Å². The van der Waals surface area contributed by atoms with Gasteiger partial charge in [-0.1, -0.05) is 8.80 Å². The van der Waals surface area contributed by atoms with Crippen molar-refractivity contribution in [3.8, 4) is 5.75 Å². The minimum Gasteiger partial charge on any atom is -0.465 e. The van der Waals surface area contributed by atoms with E-state index >= 15 is 0 Å². The fourth-order valence-electron chi connectivity index (χ4n) is 0.806. The van der Waals surface area contributed by atoms with Crippen LogP contribution in [0, 0.1) is 0 Å². The van der Waals surface area contributed by atoms with Crippen LogP contribution in [0.1, 0.15) is 9.67 Å². The molecule has 0 N–H and O–H groups in total. The maximum absolute atomic E-state index is 11.7. The molecule has 0 radical (unpaired) electrons. The van der Waals surface area contributed by atoms with E-state index in [1.807, 2.05) is 0 Å². The van der Waals surface area contributed by atoms with Gasteiger partial charge in [0.25, 0.3) is 12.2 Å². The summed E-state index contributed by atoms with van der Waals surface area (Å²) in [5.74, 6) is -0.588. The maximum atomic E-state index is 11.7. The molecule has 120 valence electrons. The smallest absolute Gasteiger partial charge is 0.387 e. The third kappa shape index (κ3) is 7.97.